The Morgan fingerprint density at radius 3 is 2.95 bits per heavy atom. The van der Waals surface area contributed by atoms with Crippen LogP contribution in [0.25, 0.3) is 0 Å². The normalized spacial score (nSPS) is 19.1. The number of nitrogens with two attached hydrogens (primary N) is 1. The van der Waals surface area contributed by atoms with Crippen molar-refractivity contribution in [2.45, 2.75) is 31.9 Å². The second kappa shape index (κ2) is 6.49. The third kappa shape index (κ3) is 3.65. The first-order valence-electron chi connectivity index (χ1n) is 6.42. The van der Waals surface area contributed by atoms with Crippen molar-refractivity contribution in [3.63, 3.8) is 0 Å². The van der Waals surface area contributed by atoms with E-state index in [1.54, 1.807) is 6.07 Å². The SMILES string of the molecule is NCc1cc([N+](=O)[O-])ccc1OCC1CCCCO1. The molecule has 1 aliphatic rings. The van der Waals surface area contributed by atoms with Crippen LogP contribution < -0.4 is 10.5 Å². The fourth-order valence-electron chi connectivity index (χ4n) is 2.10. The highest BCUT2D eigenvalue weighted by Gasteiger charge is 2.16. The van der Waals surface area contributed by atoms with Crippen LogP contribution in [-0.2, 0) is 11.3 Å². The molecule has 6 nitrogen and oxygen atoms in total. The summed E-state index contributed by atoms with van der Waals surface area (Å²) < 4.78 is 11.2. The van der Waals surface area contributed by atoms with Gasteiger partial charge >= 0.3 is 0 Å². The predicted octanol–water partition coefficient (Wildman–Crippen LogP) is 2.00. The molecular weight excluding hydrogens is 248 g/mol. The number of nitro groups is 1. The Morgan fingerprint density at radius 1 is 1.47 bits per heavy atom. The van der Waals surface area contributed by atoms with E-state index in [4.69, 9.17) is 15.2 Å². The van der Waals surface area contributed by atoms with E-state index in [2.05, 4.69) is 0 Å². The van der Waals surface area contributed by atoms with Crippen molar-refractivity contribution >= 4 is 5.69 Å². The van der Waals surface area contributed by atoms with Crippen LogP contribution in [-0.4, -0.2) is 24.2 Å². The van der Waals surface area contributed by atoms with Gasteiger partial charge in [0.05, 0.1) is 11.0 Å². The van der Waals surface area contributed by atoms with Crippen molar-refractivity contribution in [2.75, 3.05) is 13.2 Å². The zero-order valence-corrected chi connectivity index (χ0v) is 10.7. The van der Waals surface area contributed by atoms with Gasteiger partial charge in [-0.3, -0.25) is 10.1 Å². The second-order valence-electron chi connectivity index (χ2n) is 4.55. The molecule has 0 spiro atoms. The molecule has 1 aliphatic heterocycles. The van der Waals surface area contributed by atoms with Crippen molar-refractivity contribution in [2.24, 2.45) is 5.73 Å². The Hall–Kier alpha value is -1.66. The maximum Gasteiger partial charge on any atom is 0.270 e. The molecule has 1 saturated heterocycles. The molecule has 2 rings (SSSR count). The van der Waals surface area contributed by atoms with Gasteiger partial charge in [0.25, 0.3) is 5.69 Å². The molecule has 0 bridgehead atoms. The smallest absolute Gasteiger partial charge is 0.270 e. The van der Waals surface area contributed by atoms with Crippen molar-refractivity contribution < 1.29 is 14.4 Å². The molecular formula is C13H18N2O4. The lowest BCUT2D eigenvalue weighted by atomic mass is 10.1. The summed E-state index contributed by atoms with van der Waals surface area (Å²) in [5.74, 6) is 0.599. The number of nitro benzene ring substituents is 1. The Kier molecular flexibility index (Phi) is 4.70. The van der Waals surface area contributed by atoms with Gasteiger partial charge in [-0.1, -0.05) is 0 Å². The molecule has 1 unspecified atom stereocenters. The Balaban J connectivity index is 2.00. The number of rotatable bonds is 5. The van der Waals surface area contributed by atoms with Crippen LogP contribution in [0.15, 0.2) is 18.2 Å². The lowest BCUT2D eigenvalue weighted by Crippen LogP contribution is -2.26. The number of ether oxygens (including phenoxy) is 2. The largest absolute Gasteiger partial charge is 0.491 e. The summed E-state index contributed by atoms with van der Waals surface area (Å²) >= 11 is 0. The van der Waals surface area contributed by atoms with Gasteiger partial charge in [-0.05, 0) is 25.3 Å². The molecule has 1 heterocycles. The Labute approximate surface area is 111 Å². The molecule has 1 fully saturated rings. The number of nitrogens with zero attached hydrogens (tertiary/aromatic N) is 1. The molecule has 0 aromatic heterocycles. The first-order chi connectivity index (χ1) is 9.20. The minimum absolute atomic E-state index is 0.0294. The fraction of sp³-hybridized carbons (Fsp3) is 0.538. The summed E-state index contributed by atoms with van der Waals surface area (Å²) in [5.41, 5.74) is 6.27. The third-order valence-corrected chi connectivity index (χ3v) is 3.17. The summed E-state index contributed by atoms with van der Waals surface area (Å²) in [4.78, 5) is 10.3. The number of benzene rings is 1. The van der Waals surface area contributed by atoms with Crippen molar-refractivity contribution in [3.05, 3.63) is 33.9 Å². The molecule has 0 amide bonds. The molecule has 0 aliphatic carbocycles. The van der Waals surface area contributed by atoms with Crippen LogP contribution >= 0.6 is 0 Å². The zero-order chi connectivity index (χ0) is 13.7. The summed E-state index contributed by atoms with van der Waals surface area (Å²) in [6.07, 6.45) is 3.35. The van der Waals surface area contributed by atoms with E-state index in [0.29, 0.717) is 17.9 Å². The maximum atomic E-state index is 10.7. The van der Waals surface area contributed by atoms with Gasteiger partial charge in [0.1, 0.15) is 12.4 Å². The van der Waals surface area contributed by atoms with Gasteiger partial charge in [-0.15, -0.1) is 0 Å². The van der Waals surface area contributed by atoms with Gasteiger partial charge < -0.3 is 15.2 Å². The van der Waals surface area contributed by atoms with E-state index >= 15 is 0 Å². The lowest BCUT2D eigenvalue weighted by molar-refractivity contribution is -0.384. The maximum absolute atomic E-state index is 10.7. The molecule has 1 aromatic rings. The predicted molar refractivity (Wildman–Crippen MR) is 70.1 cm³/mol. The monoisotopic (exact) mass is 266 g/mol. The first-order valence-corrected chi connectivity index (χ1v) is 6.42. The average Bonchev–Trinajstić information content (AvgIpc) is 2.45. The Morgan fingerprint density at radius 2 is 2.32 bits per heavy atom. The molecule has 2 N–H and O–H groups in total. The highest BCUT2D eigenvalue weighted by atomic mass is 16.6. The van der Waals surface area contributed by atoms with Crippen molar-refractivity contribution in [1.82, 2.24) is 0 Å². The average molecular weight is 266 g/mol. The van der Waals surface area contributed by atoms with Gasteiger partial charge in [-0.2, -0.15) is 0 Å². The van der Waals surface area contributed by atoms with Gasteiger partial charge in [0.15, 0.2) is 0 Å². The van der Waals surface area contributed by atoms with E-state index < -0.39 is 4.92 Å². The third-order valence-electron chi connectivity index (χ3n) is 3.17. The summed E-state index contributed by atoms with van der Waals surface area (Å²) in [5, 5.41) is 10.7. The van der Waals surface area contributed by atoms with Gasteiger partial charge in [0.2, 0.25) is 0 Å². The summed E-state index contributed by atoms with van der Waals surface area (Å²) in [6, 6.07) is 4.48. The molecule has 1 aromatic carbocycles. The molecule has 19 heavy (non-hydrogen) atoms. The van der Waals surface area contributed by atoms with Crippen LogP contribution in [0, 0.1) is 10.1 Å². The topological polar surface area (TPSA) is 87.6 Å². The van der Waals surface area contributed by atoms with Crippen molar-refractivity contribution in [3.8, 4) is 5.75 Å². The number of hydrogen-bond acceptors (Lipinski definition) is 5. The number of non-ortho nitro benzene ring substituents is 1. The van der Waals surface area contributed by atoms with E-state index in [-0.39, 0.29) is 18.3 Å². The van der Waals surface area contributed by atoms with Crippen molar-refractivity contribution in [1.29, 1.82) is 0 Å². The van der Waals surface area contributed by atoms with Gasteiger partial charge in [-0.25, -0.2) is 0 Å². The van der Waals surface area contributed by atoms with E-state index in [9.17, 15) is 10.1 Å². The standard InChI is InChI=1S/C13H18N2O4/c14-8-10-7-11(15(16)17)4-5-13(10)19-9-12-3-1-2-6-18-12/h4-5,7,12H,1-3,6,8-9,14H2. The highest BCUT2D eigenvalue weighted by molar-refractivity contribution is 5.43. The minimum atomic E-state index is -0.437. The molecule has 1 atom stereocenters. The quantitative estimate of drug-likeness (QED) is 0.650. The Bertz CT molecular complexity index is 444. The zero-order valence-electron chi connectivity index (χ0n) is 10.7. The highest BCUT2D eigenvalue weighted by Crippen LogP contribution is 2.24. The fourth-order valence-corrected chi connectivity index (χ4v) is 2.10. The molecule has 0 radical (unpaired) electrons. The van der Waals surface area contributed by atoms with E-state index in [1.165, 1.54) is 12.1 Å². The van der Waals surface area contributed by atoms with Crippen LogP contribution in [0.2, 0.25) is 0 Å². The summed E-state index contributed by atoms with van der Waals surface area (Å²) in [6.45, 7) is 1.45. The number of hydrogen-bond donors (Lipinski definition) is 1. The molecule has 6 heteroatoms. The lowest BCUT2D eigenvalue weighted by Gasteiger charge is -2.23. The summed E-state index contributed by atoms with van der Waals surface area (Å²) in [7, 11) is 0. The minimum Gasteiger partial charge on any atom is -0.491 e. The van der Waals surface area contributed by atoms with E-state index in [1.807, 2.05) is 0 Å². The van der Waals surface area contributed by atoms with Crippen LogP contribution in [0.3, 0.4) is 0 Å². The van der Waals surface area contributed by atoms with Crippen LogP contribution in [0.1, 0.15) is 24.8 Å². The van der Waals surface area contributed by atoms with Crippen LogP contribution in [0.4, 0.5) is 5.69 Å². The van der Waals surface area contributed by atoms with Crippen LogP contribution in [0.5, 0.6) is 5.75 Å². The molecule has 104 valence electrons. The second-order valence-corrected chi connectivity index (χ2v) is 4.55. The van der Waals surface area contributed by atoms with E-state index in [0.717, 1.165) is 25.9 Å². The first kappa shape index (κ1) is 13.8. The van der Waals surface area contributed by atoms with Gasteiger partial charge in [0, 0.05) is 30.8 Å². The molecule has 0 saturated carbocycles.